The summed E-state index contributed by atoms with van der Waals surface area (Å²) in [7, 11) is -0.539. The second kappa shape index (κ2) is 4.68. The quantitative estimate of drug-likeness (QED) is 0.796. The van der Waals surface area contributed by atoms with Gasteiger partial charge in [0.1, 0.15) is 5.82 Å². The van der Waals surface area contributed by atoms with Gasteiger partial charge in [-0.15, -0.1) is 0 Å². The smallest absolute Gasteiger partial charge is 0.398 e. The van der Waals surface area contributed by atoms with Crippen LogP contribution in [-0.4, -0.2) is 27.9 Å². The van der Waals surface area contributed by atoms with Gasteiger partial charge in [0.05, 0.1) is 28.8 Å². The number of rotatable bonds is 2. The molecule has 0 N–H and O–H groups in total. The Balaban J connectivity index is 1.89. The average molecular weight is 288 g/mol. The number of nitrogens with zero attached hydrogens (tertiary/aromatic N) is 2. The lowest BCUT2D eigenvalue weighted by Gasteiger charge is -2.32. The highest BCUT2D eigenvalue weighted by Crippen LogP contribution is 2.36. The van der Waals surface area contributed by atoms with Crippen LogP contribution in [-0.2, 0) is 9.31 Å². The molecule has 1 fully saturated rings. The first-order valence-electron chi connectivity index (χ1n) is 6.95. The standard InChI is InChI=1S/C15H18BFN2O2/c1-14(2)15(3,4)21-16(20-14)13-9-19(10-18-13)12-8-6-5-7-11(12)17/h5-10H,1-4H3. The SMILES string of the molecule is CC1(C)OB(c2cn(-c3ccccc3F)cn2)OC1(C)C. The Kier molecular flexibility index (Phi) is 3.18. The van der Waals surface area contributed by atoms with Crippen molar-refractivity contribution in [2.75, 3.05) is 0 Å². The number of hydrogen-bond donors (Lipinski definition) is 0. The van der Waals surface area contributed by atoms with E-state index >= 15 is 0 Å². The van der Waals surface area contributed by atoms with Gasteiger partial charge in [-0.05, 0) is 39.8 Å². The normalized spacial score (nSPS) is 20.0. The van der Waals surface area contributed by atoms with Crippen LogP contribution in [0.5, 0.6) is 0 Å². The van der Waals surface area contributed by atoms with Crippen LogP contribution in [0.25, 0.3) is 5.69 Å². The topological polar surface area (TPSA) is 36.3 Å². The van der Waals surface area contributed by atoms with Crippen molar-refractivity contribution in [3.05, 3.63) is 42.6 Å². The third-order valence-corrected chi connectivity index (χ3v) is 4.23. The Bertz CT molecular complexity index is 653. The van der Waals surface area contributed by atoms with Gasteiger partial charge in [-0.3, -0.25) is 0 Å². The molecule has 1 aromatic carbocycles. The van der Waals surface area contributed by atoms with Crippen molar-refractivity contribution >= 4 is 12.7 Å². The third kappa shape index (κ3) is 2.38. The molecule has 0 radical (unpaired) electrons. The van der Waals surface area contributed by atoms with Crippen molar-refractivity contribution in [1.82, 2.24) is 9.55 Å². The van der Waals surface area contributed by atoms with Crippen LogP contribution >= 0.6 is 0 Å². The fourth-order valence-corrected chi connectivity index (χ4v) is 2.22. The van der Waals surface area contributed by atoms with Crippen molar-refractivity contribution < 1.29 is 13.7 Å². The van der Waals surface area contributed by atoms with E-state index in [1.54, 1.807) is 35.3 Å². The van der Waals surface area contributed by atoms with Gasteiger partial charge in [0.25, 0.3) is 0 Å². The fraction of sp³-hybridized carbons (Fsp3) is 0.400. The highest BCUT2D eigenvalue weighted by atomic mass is 19.1. The zero-order chi connectivity index (χ0) is 15.3. The monoisotopic (exact) mass is 288 g/mol. The number of hydrogen-bond acceptors (Lipinski definition) is 3. The molecule has 21 heavy (non-hydrogen) atoms. The van der Waals surface area contributed by atoms with Crippen LogP contribution in [0.4, 0.5) is 4.39 Å². The van der Waals surface area contributed by atoms with Crippen LogP contribution in [0.15, 0.2) is 36.8 Å². The lowest BCUT2D eigenvalue weighted by molar-refractivity contribution is 0.00578. The predicted molar refractivity (Wildman–Crippen MR) is 79.2 cm³/mol. The minimum Gasteiger partial charge on any atom is -0.398 e. The van der Waals surface area contributed by atoms with Gasteiger partial charge in [0.15, 0.2) is 0 Å². The van der Waals surface area contributed by atoms with Crippen molar-refractivity contribution in [1.29, 1.82) is 0 Å². The largest absolute Gasteiger partial charge is 0.516 e. The van der Waals surface area contributed by atoms with Gasteiger partial charge in [0, 0.05) is 6.20 Å². The molecule has 0 spiro atoms. The molecule has 3 rings (SSSR count). The Hall–Kier alpha value is -1.66. The van der Waals surface area contributed by atoms with E-state index in [9.17, 15) is 4.39 Å². The van der Waals surface area contributed by atoms with Crippen LogP contribution in [0, 0.1) is 5.82 Å². The first-order chi connectivity index (χ1) is 9.80. The van der Waals surface area contributed by atoms with E-state index in [0.717, 1.165) is 0 Å². The molecule has 110 valence electrons. The Morgan fingerprint density at radius 2 is 1.71 bits per heavy atom. The summed E-state index contributed by atoms with van der Waals surface area (Å²) in [5.41, 5.74) is 0.253. The molecule has 0 bridgehead atoms. The molecular weight excluding hydrogens is 270 g/mol. The summed E-state index contributed by atoms with van der Waals surface area (Å²) in [5.74, 6) is -0.296. The summed E-state index contributed by atoms with van der Waals surface area (Å²) < 4.78 is 27.3. The number of imidazole rings is 1. The van der Waals surface area contributed by atoms with Crippen LogP contribution in [0.2, 0.25) is 0 Å². The molecule has 1 aliphatic rings. The van der Waals surface area contributed by atoms with E-state index < -0.39 is 18.3 Å². The molecule has 6 heteroatoms. The van der Waals surface area contributed by atoms with Gasteiger partial charge in [-0.2, -0.15) is 0 Å². The summed E-state index contributed by atoms with van der Waals surface area (Å²) in [4.78, 5) is 4.29. The van der Waals surface area contributed by atoms with Crippen molar-refractivity contribution in [3.8, 4) is 5.69 Å². The van der Waals surface area contributed by atoms with Crippen LogP contribution < -0.4 is 5.59 Å². The molecule has 1 aliphatic heterocycles. The van der Waals surface area contributed by atoms with E-state index in [-0.39, 0.29) is 5.82 Å². The second-order valence-electron chi connectivity index (χ2n) is 6.25. The lowest BCUT2D eigenvalue weighted by Crippen LogP contribution is -2.41. The van der Waals surface area contributed by atoms with Gasteiger partial charge < -0.3 is 13.9 Å². The number of para-hydroxylation sites is 1. The second-order valence-corrected chi connectivity index (χ2v) is 6.25. The predicted octanol–water partition coefficient (Wildman–Crippen LogP) is 2.31. The van der Waals surface area contributed by atoms with Gasteiger partial charge in [-0.1, -0.05) is 12.1 Å². The molecule has 1 saturated heterocycles. The first kappa shape index (κ1) is 14.3. The van der Waals surface area contributed by atoms with Crippen LogP contribution in [0.1, 0.15) is 27.7 Å². The Morgan fingerprint density at radius 1 is 1.10 bits per heavy atom. The Labute approximate surface area is 124 Å². The molecule has 2 heterocycles. The molecule has 0 saturated carbocycles. The van der Waals surface area contributed by atoms with Gasteiger partial charge in [0.2, 0.25) is 0 Å². The Morgan fingerprint density at radius 3 is 2.33 bits per heavy atom. The van der Waals surface area contributed by atoms with Crippen LogP contribution in [0.3, 0.4) is 0 Å². The maximum atomic E-state index is 13.8. The first-order valence-corrected chi connectivity index (χ1v) is 6.95. The molecular formula is C15H18BFN2O2. The van der Waals surface area contributed by atoms with Crippen molar-refractivity contribution in [3.63, 3.8) is 0 Å². The van der Waals surface area contributed by atoms with E-state index in [1.165, 1.54) is 6.07 Å². The van der Waals surface area contributed by atoms with Gasteiger partial charge in [-0.25, -0.2) is 9.37 Å². The molecule has 0 atom stereocenters. The molecule has 0 amide bonds. The molecule has 4 nitrogen and oxygen atoms in total. The third-order valence-electron chi connectivity index (χ3n) is 4.23. The zero-order valence-electron chi connectivity index (χ0n) is 12.6. The number of halogens is 1. The lowest BCUT2D eigenvalue weighted by atomic mass is 9.86. The fourth-order valence-electron chi connectivity index (χ4n) is 2.22. The number of aromatic nitrogens is 2. The zero-order valence-corrected chi connectivity index (χ0v) is 12.6. The summed E-state index contributed by atoms with van der Waals surface area (Å²) in [6, 6.07) is 6.56. The minimum absolute atomic E-state index is 0.296. The van der Waals surface area contributed by atoms with E-state index in [2.05, 4.69) is 4.98 Å². The van der Waals surface area contributed by atoms with E-state index in [4.69, 9.17) is 9.31 Å². The van der Waals surface area contributed by atoms with Crippen molar-refractivity contribution in [2.24, 2.45) is 0 Å². The summed E-state index contributed by atoms with van der Waals surface area (Å²) in [6.45, 7) is 7.95. The van der Waals surface area contributed by atoms with Gasteiger partial charge >= 0.3 is 7.12 Å². The molecule has 1 aromatic heterocycles. The highest BCUT2D eigenvalue weighted by Gasteiger charge is 2.52. The van der Waals surface area contributed by atoms with E-state index in [0.29, 0.717) is 11.3 Å². The highest BCUT2D eigenvalue weighted by molar-refractivity contribution is 6.61. The average Bonchev–Trinajstić information content (AvgIpc) is 2.94. The van der Waals surface area contributed by atoms with Crippen molar-refractivity contribution in [2.45, 2.75) is 38.9 Å². The summed E-state index contributed by atoms with van der Waals surface area (Å²) in [5, 5.41) is 0. The minimum atomic E-state index is -0.539. The maximum Gasteiger partial charge on any atom is 0.516 e. The molecule has 0 aliphatic carbocycles. The molecule has 0 unspecified atom stereocenters. The summed E-state index contributed by atoms with van der Waals surface area (Å²) in [6.07, 6.45) is 3.30. The maximum absolute atomic E-state index is 13.8. The molecule has 2 aromatic rings. The number of benzene rings is 1. The van der Waals surface area contributed by atoms with E-state index in [1.807, 2.05) is 27.7 Å². The summed E-state index contributed by atoms with van der Waals surface area (Å²) >= 11 is 0.